The highest BCUT2D eigenvalue weighted by molar-refractivity contribution is 8.00. The quantitative estimate of drug-likeness (QED) is 0.714. The van der Waals surface area contributed by atoms with Crippen LogP contribution in [0.15, 0.2) is 34.2 Å². The third-order valence-corrected chi connectivity index (χ3v) is 3.74. The van der Waals surface area contributed by atoms with Crippen LogP contribution in [0.25, 0.3) is 11.5 Å². The number of carboxylic acids is 1. The second-order valence-corrected chi connectivity index (χ2v) is 5.33. The van der Waals surface area contributed by atoms with Crippen LogP contribution in [0.3, 0.4) is 0 Å². The Morgan fingerprint density at radius 2 is 2.15 bits per heavy atom. The van der Waals surface area contributed by atoms with Crippen molar-refractivity contribution in [2.75, 3.05) is 0 Å². The van der Waals surface area contributed by atoms with E-state index < -0.39 is 11.2 Å². The first kappa shape index (κ1) is 14.5. The Morgan fingerprint density at radius 1 is 1.40 bits per heavy atom. The van der Waals surface area contributed by atoms with Crippen molar-refractivity contribution in [3.05, 3.63) is 24.5 Å². The predicted octanol–water partition coefficient (Wildman–Crippen LogP) is 1.53. The van der Waals surface area contributed by atoms with Gasteiger partial charge in [-0.25, -0.2) is 0 Å². The summed E-state index contributed by atoms with van der Waals surface area (Å²) in [5.41, 5.74) is 0.748. The number of nitrogens with zero attached hydrogens (tertiary/aromatic N) is 3. The number of rotatable bonds is 7. The van der Waals surface area contributed by atoms with Gasteiger partial charge >= 0.3 is 0 Å². The van der Waals surface area contributed by atoms with Gasteiger partial charge in [0.25, 0.3) is 5.22 Å². The topological polar surface area (TPSA) is 91.9 Å². The minimum absolute atomic E-state index is 0.238. The molecule has 0 radical (unpaired) electrons. The number of thioether (sulfide) groups is 1. The molecule has 2 rings (SSSR count). The molecule has 0 amide bonds. The van der Waals surface area contributed by atoms with Crippen LogP contribution in [-0.2, 0) is 4.79 Å². The fourth-order valence-corrected chi connectivity index (χ4v) is 2.44. The van der Waals surface area contributed by atoms with E-state index in [1.807, 2.05) is 6.92 Å². The maximum atomic E-state index is 11.1. The number of unbranched alkanes of at least 4 members (excludes halogenated alkanes) is 1. The molecule has 0 aliphatic carbocycles. The molecule has 7 heteroatoms. The van der Waals surface area contributed by atoms with E-state index in [-0.39, 0.29) is 5.22 Å². The number of aliphatic carboxylic acids is 1. The first-order valence-electron chi connectivity index (χ1n) is 6.32. The fraction of sp³-hybridized carbons (Fsp3) is 0.385. The molecule has 6 nitrogen and oxygen atoms in total. The zero-order valence-electron chi connectivity index (χ0n) is 11.0. The lowest BCUT2D eigenvalue weighted by Gasteiger charge is -2.14. The minimum atomic E-state index is -1.10. The summed E-state index contributed by atoms with van der Waals surface area (Å²) in [5, 5.41) is 18.4. The molecule has 0 bridgehead atoms. The van der Waals surface area contributed by atoms with Crippen LogP contribution >= 0.6 is 11.8 Å². The van der Waals surface area contributed by atoms with Crippen molar-refractivity contribution in [2.24, 2.45) is 0 Å². The van der Waals surface area contributed by atoms with Crippen molar-refractivity contribution >= 4 is 17.7 Å². The average Bonchev–Trinajstić information content (AvgIpc) is 2.92. The van der Waals surface area contributed by atoms with E-state index in [2.05, 4.69) is 15.2 Å². The summed E-state index contributed by atoms with van der Waals surface area (Å²) in [7, 11) is 0. The molecule has 0 aliphatic heterocycles. The Morgan fingerprint density at radius 3 is 2.80 bits per heavy atom. The van der Waals surface area contributed by atoms with Crippen LogP contribution in [0.5, 0.6) is 0 Å². The van der Waals surface area contributed by atoms with Crippen LogP contribution in [0, 0.1) is 0 Å². The molecule has 2 heterocycles. The summed E-state index contributed by atoms with van der Waals surface area (Å²) in [4.78, 5) is 15.0. The highest BCUT2D eigenvalue weighted by Crippen LogP contribution is 2.28. The number of hydrogen-bond acceptors (Lipinski definition) is 7. The smallest absolute Gasteiger partial charge is 0.277 e. The Hall–Kier alpha value is -1.89. The molecule has 20 heavy (non-hydrogen) atoms. The molecule has 0 saturated carbocycles. The van der Waals surface area contributed by atoms with Gasteiger partial charge in [-0.3, -0.25) is 4.98 Å². The standard InChI is InChI=1S/C13H15N3O3S/c1-2-3-4-10(12(17)18)20-13-16-15-11(19-13)9-5-7-14-8-6-9/h5-8,10H,2-4H2,1H3,(H,17,18)/p-1/t10-/m1/s1. The minimum Gasteiger partial charge on any atom is -0.549 e. The van der Waals surface area contributed by atoms with Crippen molar-refractivity contribution in [3.63, 3.8) is 0 Å². The van der Waals surface area contributed by atoms with Crippen LogP contribution in [0.4, 0.5) is 0 Å². The first-order valence-corrected chi connectivity index (χ1v) is 7.20. The molecule has 0 fully saturated rings. The summed E-state index contributed by atoms with van der Waals surface area (Å²) in [6, 6.07) is 3.49. The largest absolute Gasteiger partial charge is 0.549 e. The summed E-state index contributed by atoms with van der Waals surface area (Å²) in [5.74, 6) is -0.755. The third-order valence-electron chi connectivity index (χ3n) is 2.66. The zero-order valence-corrected chi connectivity index (χ0v) is 11.8. The summed E-state index contributed by atoms with van der Waals surface area (Å²) >= 11 is 1.03. The van der Waals surface area contributed by atoms with Gasteiger partial charge in [-0.2, -0.15) is 0 Å². The van der Waals surface area contributed by atoms with Crippen molar-refractivity contribution in [1.29, 1.82) is 0 Å². The first-order chi connectivity index (χ1) is 9.70. The van der Waals surface area contributed by atoms with Gasteiger partial charge in [-0.15, -0.1) is 10.2 Å². The summed E-state index contributed by atoms with van der Waals surface area (Å²) in [6.07, 6.45) is 5.51. The molecule has 0 N–H and O–H groups in total. The normalized spacial score (nSPS) is 12.2. The molecule has 0 unspecified atom stereocenters. The highest BCUT2D eigenvalue weighted by atomic mass is 32.2. The van der Waals surface area contributed by atoms with Gasteiger partial charge in [0.05, 0.1) is 11.2 Å². The van der Waals surface area contributed by atoms with E-state index in [0.717, 1.165) is 30.2 Å². The van der Waals surface area contributed by atoms with Gasteiger partial charge in [0.15, 0.2) is 0 Å². The maximum absolute atomic E-state index is 11.1. The van der Waals surface area contributed by atoms with Crippen LogP contribution in [-0.4, -0.2) is 26.4 Å². The Balaban J connectivity index is 2.06. The maximum Gasteiger partial charge on any atom is 0.277 e. The number of carbonyl (C=O) groups excluding carboxylic acids is 1. The van der Waals surface area contributed by atoms with Crippen LogP contribution in [0.1, 0.15) is 26.2 Å². The van der Waals surface area contributed by atoms with Crippen LogP contribution < -0.4 is 5.11 Å². The van der Waals surface area contributed by atoms with Gasteiger partial charge in [-0.1, -0.05) is 31.5 Å². The van der Waals surface area contributed by atoms with Crippen molar-refractivity contribution in [1.82, 2.24) is 15.2 Å². The van der Waals surface area contributed by atoms with Gasteiger partial charge in [0.1, 0.15) is 0 Å². The number of pyridine rings is 1. The van der Waals surface area contributed by atoms with E-state index in [4.69, 9.17) is 4.42 Å². The SMILES string of the molecule is CCCC[C@@H](Sc1nnc(-c2ccncc2)o1)C(=O)[O-]. The number of carbonyl (C=O) groups is 1. The zero-order chi connectivity index (χ0) is 14.4. The molecule has 2 aromatic heterocycles. The second-order valence-electron chi connectivity index (χ2n) is 4.18. The van der Waals surface area contributed by atoms with Crippen molar-refractivity contribution < 1.29 is 14.3 Å². The summed E-state index contributed by atoms with van der Waals surface area (Å²) < 4.78 is 5.45. The van der Waals surface area contributed by atoms with E-state index in [1.165, 1.54) is 0 Å². The number of aromatic nitrogens is 3. The molecule has 106 valence electrons. The third kappa shape index (κ3) is 3.80. The average molecular weight is 292 g/mol. The molecular weight excluding hydrogens is 278 g/mol. The van der Waals surface area contributed by atoms with Gasteiger partial charge in [0, 0.05) is 18.0 Å². The van der Waals surface area contributed by atoms with Crippen molar-refractivity contribution in [2.45, 2.75) is 36.7 Å². The molecule has 0 aromatic carbocycles. The van der Waals surface area contributed by atoms with E-state index >= 15 is 0 Å². The second kappa shape index (κ2) is 7.04. The lowest BCUT2D eigenvalue weighted by atomic mass is 10.2. The monoisotopic (exact) mass is 292 g/mol. The van der Waals surface area contributed by atoms with E-state index in [1.54, 1.807) is 24.5 Å². The Kier molecular flexibility index (Phi) is 5.11. The van der Waals surface area contributed by atoms with E-state index in [0.29, 0.717) is 12.3 Å². The molecule has 1 atom stereocenters. The molecule has 0 saturated heterocycles. The van der Waals surface area contributed by atoms with Gasteiger partial charge in [0.2, 0.25) is 5.89 Å². The number of hydrogen-bond donors (Lipinski definition) is 0. The van der Waals surface area contributed by atoms with Gasteiger partial charge in [-0.05, 0) is 18.6 Å². The lowest BCUT2D eigenvalue weighted by molar-refractivity contribution is -0.304. The molecule has 0 spiro atoms. The molecule has 0 aliphatic rings. The van der Waals surface area contributed by atoms with E-state index in [9.17, 15) is 9.90 Å². The fourth-order valence-electron chi connectivity index (χ4n) is 1.60. The highest BCUT2D eigenvalue weighted by Gasteiger charge is 2.16. The van der Waals surface area contributed by atoms with Gasteiger partial charge < -0.3 is 14.3 Å². The molecule has 2 aromatic rings. The summed E-state index contributed by atoms with van der Waals surface area (Å²) in [6.45, 7) is 2.01. The Bertz CT molecular complexity index is 559. The van der Waals surface area contributed by atoms with Crippen LogP contribution in [0.2, 0.25) is 0 Å². The van der Waals surface area contributed by atoms with Crippen molar-refractivity contribution in [3.8, 4) is 11.5 Å². The predicted molar refractivity (Wildman–Crippen MR) is 71.7 cm³/mol. The number of carboxylic acid groups (broad SMARTS) is 1. The lowest BCUT2D eigenvalue weighted by Crippen LogP contribution is -2.33. The molecular formula is C13H14N3O3S-. The Labute approximate surface area is 120 Å².